The molecule has 2 fully saturated rings. The molecule has 3 aromatic carbocycles. The van der Waals surface area contributed by atoms with Crippen molar-refractivity contribution in [1.82, 2.24) is 62.7 Å². The minimum atomic E-state index is -1.77. The molecule has 10 amide bonds. The first-order valence-electron chi connectivity index (χ1n) is 29.4. The molecule has 27 heteroatoms. The van der Waals surface area contributed by atoms with Crippen LogP contribution in [0.4, 0.5) is 0 Å². The van der Waals surface area contributed by atoms with Gasteiger partial charge in [0.25, 0.3) is 0 Å². The maximum atomic E-state index is 14.8. The largest absolute Gasteiger partial charge is 0.508 e. The average Bonchev–Trinajstić information content (AvgIpc) is 1.79. The number of nitrogens with zero attached hydrogens (tertiary/aromatic N) is 3. The molecule has 3 heterocycles. The van der Waals surface area contributed by atoms with Crippen molar-refractivity contribution in [2.45, 2.75) is 153 Å². The van der Waals surface area contributed by atoms with Crippen LogP contribution in [-0.4, -0.2) is 165 Å². The van der Waals surface area contributed by atoms with Gasteiger partial charge < -0.3 is 79.4 Å². The lowest BCUT2D eigenvalue weighted by Crippen LogP contribution is -2.60. The number of benzene rings is 3. The summed E-state index contributed by atoms with van der Waals surface area (Å²) in [6.45, 7) is 8.81. The second-order valence-electron chi connectivity index (χ2n) is 22.7. The number of nitrogens with one attached hydrogen (secondary N) is 10. The summed E-state index contributed by atoms with van der Waals surface area (Å²) in [7, 11) is 0. The Labute approximate surface area is 504 Å². The number of carbonyl (C=O) groups excluding carboxylic acids is 10. The molecule has 27 nitrogen and oxygen atoms in total. The number of likely N-dealkylation sites (tertiary alicyclic amines) is 1. The van der Waals surface area contributed by atoms with Gasteiger partial charge in [0.1, 0.15) is 60.1 Å². The highest BCUT2D eigenvalue weighted by Crippen LogP contribution is 2.26. The van der Waals surface area contributed by atoms with Crippen LogP contribution in [0.5, 0.6) is 5.75 Å². The van der Waals surface area contributed by atoms with Gasteiger partial charge in [-0.05, 0) is 97.7 Å². The van der Waals surface area contributed by atoms with E-state index in [0.717, 1.165) is 0 Å². The Balaban J connectivity index is 1.24. The number of aliphatic hydroxyl groups is 1. The Morgan fingerprint density at radius 2 is 1.30 bits per heavy atom. The van der Waals surface area contributed by atoms with E-state index in [-0.39, 0.29) is 105 Å². The molecule has 4 aromatic rings. The van der Waals surface area contributed by atoms with Crippen LogP contribution in [0.3, 0.4) is 0 Å². The second kappa shape index (κ2) is 32.4. The topological polar surface area (TPSA) is 416 Å². The van der Waals surface area contributed by atoms with Gasteiger partial charge >= 0.3 is 0 Å². The van der Waals surface area contributed by atoms with E-state index in [1.165, 1.54) is 41.7 Å². The zero-order chi connectivity index (χ0) is 63.3. The zero-order valence-corrected chi connectivity index (χ0v) is 49.7. The SMILES string of the molecule is CCNC(=O)[C@@H]1CCCN1C(=O)[C@H](CCCN=C(N)N)NC(=O)[C@H](CC(C)C)NC(=O)[C@@H](CC(C)C)NC(=O)[C@H](Cc1ccc(O)cc1)NC(=O)[C@H](CO)NC(=O)[C@@H](NC(=O)[C@H](Cc1cnc[nH]1)NC(=O)[C@@H]1CCC(=O)N1)c1cccc2ccccc12. The Morgan fingerprint density at radius 3 is 1.91 bits per heavy atom. The van der Waals surface area contributed by atoms with E-state index in [9.17, 15) is 58.2 Å². The molecule has 9 atom stereocenters. The number of aromatic amines is 1. The average molecular weight is 1210 g/mol. The van der Waals surface area contributed by atoms with Crippen LogP contribution in [0.1, 0.15) is 109 Å². The van der Waals surface area contributed by atoms with E-state index in [2.05, 4.69) is 62.8 Å². The minimum absolute atomic E-state index is 0.0374. The summed E-state index contributed by atoms with van der Waals surface area (Å²) in [4.78, 5) is 153. The van der Waals surface area contributed by atoms with Gasteiger partial charge in [-0.2, -0.15) is 0 Å². The third-order valence-electron chi connectivity index (χ3n) is 14.9. The van der Waals surface area contributed by atoms with Crippen molar-refractivity contribution in [3.05, 3.63) is 96.1 Å². The summed E-state index contributed by atoms with van der Waals surface area (Å²) in [5.74, 6) is -7.64. The Kier molecular flexibility index (Phi) is 24.9. The highest BCUT2D eigenvalue weighted by molar-refractivity contribution is 6.01. The van der Waals surface area contributed by atoms with Gasteiger partial charge in [-0.15, -0.1) is 0 Å². The summed E-state index contributed by atoms with van der Waals surface area (Å²) in [6.07, 6.45) is 4.28. The quantitative estimate of drug-likeness (QED) is 0.0169. The number of phenolic OH excluding ortho intramolecular Hbond substituents is 1. The van der Waals surface area contributed by atoms with E-state index in [4.69, 9.17) is 11.5 Å². The lowest BCUT2D eigenvalue weighted by molar-refractivity contribution is -0.142. The molecular formula is C60H83N15O12. The molecule has 0 saturated carbocycles. The van der Waals surface area contributed by atoms with Gasteiger partial charge in [-0.3, -0.25) is 52.9 Å². The zero-order valence-electron chi connectivity index (χ0n) is 49.7. The molecule has 0 bridgehead atoms. The number of rotatable bonds is 31. The molecule has 0 aliphatic carbocycles. The number of carbonyl (C=O) groups is 10. The number of aliphatic imine (C=N–C) groups is 1. The lowest BCUT2D eigenvalue weighted by atomic mass is 9.97. The van der Waals surface area contributed by atoms with Crippen molar-refractivity contribution < 1.29 is 58.2 Å². The Bertz CT molecular complexity index is 3070. The van der Waals surface area contributed by atoms with E-state index in [1.807, 2.05) is 13.8 Å². The van der Waals surface area contributed by atoms with Gasteiger partial charge in [-0.1, -0.05) is 82.3 Å². The van der Waals surface area contributed by atoms with Gasteiger partial charge in [0.2, 0.25) is 59.1 Å². The second-order valence-corrected chi connectivity index (χ2v) is 22.7. The third-order valence-corrected chi connectivity index (χ3v) is 14.9. The highest BCUT2D eigenvalue weighted by Gasteiger charge is 2.40. The third kappa shape index (κ3) is 19.7. The molecule has 6 rings (SSSR count). The molecular weight excluding hydrogens is 1120 g/mol. The van der Waals surface area contributed by atoms with E-state index < -0.39 is 108 Å². The van der Waals surface area contributed by atoms with E-state index in [1.54, 1.807) is 63.2 Å². The number of phenols is 1. The standard InChI is InChI=1S/C60H83N15O12/c1-6-64-57(85)48-17-11-25-75(48)59(87)42(16-10-24-65-60(61)62)68-52(80)43(26-33(2)3)69-53(81)44(27-34(4)5)70-54(82)45(28-35-18-20-38(77)21-19-35)71-56(84)47(31-76)73-58(86)50(40-15-9-13-36-12-7-8-14-39(36)40)74-55(83)46(29-37-30-63-32-66-37)72-51(79)41-22-23-49(78)67-41/h7-9,12-15,18-21,30,32-34,41-48,50,76-77H,6,10-11,16-17,22-29,31H2,1-5H3,(H,63,66)(H,64,85)(H,67,78)(H,68,80)(H,69,81)(H,70,82)(H,71,84)(H,72,79)(H,73,86)(H,74,83)(H4,61,62,65)/t41-,42-,43-,44+,45-,46-,47-,48-,50-/m0/s1. The van der Waals surface area contributed by atoms with Crippen LogP contribution in [0, 0.1) is 11.8 Å². The predicted molar refractivity (Wildman–Crippen MR) is 321 cm³/mol. The van der Waals surface area contributed by atoms with E-state index in [0.29, 0.717) is 41.4 Å². The molecule has 2 saturated heterocycles. The fourth-order valence-electron chi connectivity index (χ4n) is 10.5. The number of H-pyrrole nitrogens is 1. The summed E-state index contributed by atoms with van der Waals surface area (Å²) < 4.78 is 0. The van der Waals surface area contributed by atoms with Gasteiger partial charge in [0, 0.05) is 50.8 Å². The molecule has 87 heavy (non-hydrogen) atoms. The molecule has 470 valence electrons. The number of aromatic hydroxyl groups is 1. The minimum Gasteiger partial charge on any atom is -0.508 e. The summed E-state index contributed by atoms with van der Waals surface area (Å²) in [5, 5.41) is 46.5. The number of hydrogen-bond acceptors (Lipinski definition) is 14. The van der Waals surface area contributed by atoms with Crippen molar-refractivity contribution in [3.8, 4) is 5.75 Å². The molecule has 0 radical (unpaired) electrons. The maximum absolute atomic E-state index is 14.8. The normalized spacial score (nSPS) is 17.1. The number of nitrogens with two attached hydrogens (primary N) is 2. The summed E-state index contributed by atoms with van der Waals surface area (Å²) in [5.41, 5.74) is 12.3. The van der Waals surface area contributed by atoms with Crippen LogP contribution in [-0.2, 0) is 60.8 Å². The highest BCUT2D eigenvalue weighted by atomic mass is 16.3. The van der Waals surface area contributed by atoms with Crippen LogP contribution in [0.25, 0.3) is 10.8 Å². The number of guanidine groups is 1. The van der Waals surface area contributed by atoms with Gasteiger partial charge in [0.05, 0.1) is 12.9 Å². The molecule has 2 aliphatic heterocycles. The van der Waals surface area contributed by atoms with Gasteiger partial charge in [0.15, 0.2) is 5.96 Å². The van der Waals surface area contributed by atoms with Crippen LogP contribution >= 0.6 is 0 Å². The monoisotopic (exact) mass is 1210 g/mol. The smallest absolute Gasteiger partial charge is 0.247 e. The fraction of sp³-hybridized carbons (Fsp3) is 0.500. The number of fused-ring (bicyclic) bond motifs is 1. The molecule has 0 spiro atoms. The predicted octanol–water partition coefficient (Wildman–Crippen LogP) is -0.636. The van der Waals surface area contributed by atoms with Crippen molar-refractivity contribution in [3.63, 3.8) is 0 Å². The van der Waals surface area contributed by atoms with Crippen LogP contribution < -0.4 is 59.3 Å². The Hall–Kier alpha value is -9.14. The number of aromatic nitrogens is 2. The first-order valence-corrected chi connectivity index (χ1v) is 29.4. The molecule has 1 aromatic heterocycles. The fourth-order valence-corrected chi connectivity index (χ4v) is 10.5. The first-order chi connectivity index (χ1) is 41.5. The maximum Gasteiger partial charge on any atom is 0.247 e. The molecule has 0 unspecified atom stereocenters. The summed E-state index contributed by atoms with van der Waals surface area (Å²) >= 11 is 0. The van der Waals surface area contributed by atoms with Crippen molar-refractivity contribution >= 4 is 75.8 Å². The number of likely N-dealkylation sites (N-methyl/N-ethyl adjacent to an activating group) is 1. The Morgan fingerprint density at radius 1 is 0.701 bits per heavy atom. The number of imidazole rings is 1. The van der Waals surface area contributed by atoms with Crippen molar-refractivity contribution in [2.75, 3.05) is 26.2 Å². The van der Waals surface area contributed by atoms with Crippen LogP contribution in [0.2, 0.25) is 0 Å². The molecule has 16 N–H and O–H groups in total. The molecule has 2 aliphatic rings. The lowest BCUT2D eigenvalue weighted by Gasteiger charge is -2.31. The first kappa shape index (κ1) is 67.0. The van der Waals surface area contributed by atoms with Gasteiger partial charge in [-0.25, -0.2) is 4.98 Å². The van der Waals surface area contributed by atoms with Crippen LogP contribution in [0.15, 0.2) is 84.2 Å². The summed E-state index contributed by atoms with van der Waals surface area (Å²) in [6, 6.07) is 6.24. The number of amides is 10. The van der Waals surface area contributed by atoms with Crippen molar-refractivity contribution in [1.29, 1.82) is 0 Å². The van der Waals surface area contributed by atoms with Crippen molar-refractivity contribution in [2.24, 2.45) is 28.3 Å². The van der Waals surface area contributed by atoms with E-state index >= 15 is 0 Å². The number of aliphatic hydroxyl groups excluding tert-OH is 1. The number of hydrogen-bond donors (Lipinski definition) is 14.